The van der Waals surface area contributed by atoms with Crippen LogP contribution in [0.3, 0.4) is 0 Å². The van der Waals surface area contributed by atoms with Gasteiger partial charge in [-0.05, 0) is 36.2 Å². The summed E-state index contributed by atoms with van der Waals surface area (Å²) in [4.78, 5) is 29.4. The Morgan fingerprint density at radius 2 is 1.61 bits per heavy atom. The van der Waals surface area contributed by atoms with Crippen LogP contribution in [0.15, 0.2) is 83.2 Å². The largest absolute Gasteiger partial charge is 0.344 e. The van der Waals surface area contributed by atoms with Gasteiger partial charge in [0.15, 0.2) is 4.34 Å². The van der Waals surface area contributed by atoms with E-state index in [1.54, 1.807) is 0 Å². The smallest absolute Gasteiger partial charge is 0.234 e. The van der Waals surface area contributed by atoms with E-state index in [0.717, 1.165) is 31.4 Å². The van der Waals surface area contributed by atoms with Crippen LogP contribution in [0.2, 0.25) is 0 Å². The molecule has 4 rings (SSSR count). The first kappa shape index (κ1) is 23.0. The minimum atomic E-state index is -0.320. The number of nitrogens with one attached hydrogen (secondary N) is 2. The lowest BCUT2D eigenvalue weighted by atomic mass is 9.98. The van der Waals surface area contributed by atoms with Crippen molar-refractivity contribution in [3.8, 4) is 0 Å². The number of thiazole rings is 1. The molecule has 4 aromatic rings. The maximum absolute atomic E-state index is 13.1. The van der Waals surface area contributed by atoms with Crippen LogP contribution in [0.5, 0.6) is 0 Å². The summed E-state index contributed by atoms with van der Waals surface area (Å²) in [5.41, 5.74) is 3.69. The molecule has 0 saturated heterocycles. The second-order valence-electron chi connectivity index (χ2n) is 7.59. The average Bonchev–Trinajstić information content (AvgIpc) is 3.24. The average molecular weight is 476 g/mol. The van der Waals surface area contributed by atoms with Gasteiger partial charge in [-0.1, -0.05) is 79.3 Å². The molecular weight excluding hydrogens is 450 g/mol. The Bertz CT molecular complexity index is 1200. The zero-order valence-corrected chi connectivity index (χ0v) is 20.1. The molecule has 2 N–H and O–H groups in total. The second-order valence-corrected chi connectivity index (χ2v) is 10.2. The van der Waals surface area contributed by atoms with Crippen LogP contribution in [0.4, 0.5) is 5.69 Å². The van der Waals surface area contributed by atoms with Gasteiger partial charge in [-0.25, -0.2) is 4.98 Å². The van der Waals surface area contributed by atoms with E-state index in [0.29, 0.717) is 6.42 Å². The van der Waals surface area contributed by atoms with E-state index in [4.69, 9.17) is 0 Å². The van der Waals surface area contributed by atoms with Gasteiger partial charge in [0.05, 0.1) is 21.5 Å². The van der Waals surface area contributed by atoms with Gasteiger partial charge < -0.3 is 10.6 Å². The number of benzene rings is 3. The second kappa shape index (κ2) is 10.6. The molecular formula is C26H25N3O2S2. The molecule has 1 aromatic heterocycles. The fourth-order valence-corrected chi connectivity index (χ4v) is 5.66. The third-order valence-electron chi connectivity index (χ3n) is 5.17. The van der Waals surface area contributed by atoms with Gasteiger partial charge in [0.25, 0.3) is 0 Å². The zero-order valence-electron chi connectivity index (χ0n) is 18.4. The predicted octanol–water partition coefficient (Wildman–Crippen LogP) is 6.03. The molecule has 33 heavy (non-hydrogen) atoms. The molecule has 5 nitrogen and oxygen atoms in total. The van der Waals surface area contributed by atoms with Gasteiger partial charge >= 0.3 is 0 Å². The topological polar surface area (TPSA) is 71.1 Å². The Morgan fingerprint density at radius 3 is 2.21 bits per heavy atom. The van der Waals surface area contributed by atoms with E-state index < -0.39 is 0 Å². The van der Waals surface area contributed by atoms with Gasteiger partial charge in [0.1, 0.15) is 0 Å². The fourth-order valence-electron chi connectivity index (χ4n) is 3.40. The van der Waals surface area contributed by atoms with Gasteiger partial charge in [-0.2, -0.15) is 0 Å². The molecule has 1 unspecified atom stereocenters. The fraction of sp³-hybridized carbons (Fsp3) is 0.192. The molecule has 0 aliphatic rings. The molecule has 0 fully saturated rings. The molecule has 0 saturated carbocycles. The summed E-state index contributed by atoms with van der Waals surface area (Å²) in [7, 11) is 0. The van der Waals surface area contributed by atoms with Crippen LogP contribution in [0, 0.1) is 0 Å². The van der Waals surface area contributed by atoms with Gasteiger partial charge in [0.2, 0.25) is 11.8 Å². The first-order chi connectivity index (χ1) is 16.0. The van der Waals surface area contributed by atoms with Crippen LogP contribution < -0.4 is 10.6 Å². The number of aromatic nitrogens is 1. The van der Waals surface area contributed by atoms with Crippen molar-refractivity contribution < 1.29 is 9.59 Å². The minimum absolute atomic E-state index is 0.0230. The van der Waals surface area contributed by atoms with E-state index in [9.17, 15) is 9.59 Å². The van der Waals surface area contributed by atoms with Crippen molar-refractivity contribution in [2.75, 3.05) is 5.32 Å². The quantitative estimate of drug-likeness (QED) is 0.305. The van der Waals surface area contributed by atoms with Gasteiger partial charge in [-0.3, -0.25) is 9.59 Å². The van der Waals surface area contributed by atoms with E-state index in [1.165, 1.54) is 23.1 Å². The van der Waals surface area contributed by atoms with E-state index in [-0.39, 0.29) is 23.1 Å². The molecule has 3 aromatic carbocycles. The summed E-state index contributed by atoms with van der Waals surface area (Å²) in [6, 6.07) is 25.4. The van der Waals surface area contributed by atoms with Crippen molar-refractivity contribution in [1.29, 1.82) is 0 Å². The van der Waals surface area contributed by atoms with Crippen molar-refractivity contribution in [2.45, 2.75) is 35.9 Å². The Labute approximate surface area is 201 Å². The van der Waals surface area contributed by atoms with Crippen LogP contribution in [-0.4, -0.2) is 22.0 Å². The molecule has 1 atom stereocenters. The number of rotatable bonds is 8. The summed E-state index contributed by atoms with van der Waals surface area (Å²) < 4.78 is 1.80. The Hall–Kier alpha value is -3.16. The van der Waals surface area contributed by atoms with Crippen molar-refractivity contribution >= 4 is 50.8 Å². The van der Waals surface area contributed by atoms with Crippen molar-refractivity contribution in [2.24, 2.45) is 0 Å². The van der Waals surface area contributed by atoms with Gasteiger partial charge in [-0.15, -0.1) is 11.3 Å². The molecule has 0 bridgehead atoms. The predicted molar refractivity (Wildman–Crippen MR) is 137 cm³/mol. The number of hydrogen-bond acceptors (Lipinski definition) is 5. The number of amides is 2. The Balaban J connectivity index is 1.48. The van der Waals surface area contributed by atoms with E-state index in [1.807, 2.05) is 92.7 Å². The molecule has 7 heteroatoms. The number of carbonyl (C=O) groups excluding carboxylic acids is 2. The highest BCUT2D eigenvalue weighted by molar-refractivity contribution is 8.02. The normalized spacial score (nSPS) is 12.0. The molecule has 168 valence electrons. The molecule has 0 radical (unpaired) electrons. The number of nitrogens with zero attached hydrogens (tertiary/aromatic N) is 1. The Morgan fingerprint density at radius 1 is 0.970 bits per heavy atom. The van der Waals surface area contributed by atoms with Crippen molar-refractivity contribution in [3.05, 3.63) is 90.0 Å². The molecule has 1 heterocycles. The minimum Gasteiger partial charge on any atom is -0.344 e. The van der Waals surface area contributed by atoms with Crippen molar-refractivity contribution in [3.63, 3.8) is 0 Å². The lowest BCUT2D eigenvalue weighted by molar-refractivity contribution is -0.120. The Kier molecular flexibility index (Phi) is 7.42. The molecule has 2 amide bonds. The first-order valence-corrected chi connectivity index (χ1v) is 12.5. The maximum atomic E-state index is 13.1. The van der Waals surface area contributed by atoms with Crippen LogP contribution >= 0.6 is 23.1 Å². The summed E-state index contributed by atoms with van der Waals surface area (Å²) in [5.74, 6) is -0.0713. The van der Waals surface area contributed by atoms with Crippen LogP contribution in [0.25, 0.3) is 10.2 Å². The standard InChI is InChI=1S/C26H25N3O2S2/c1-3-23(30)27-20-14-15-21-22(16-20)33-26(28-21)32-17(2)25(31)29-24(18-10-6-4-7-11-18)19-12-8-5-9-13-19/h4-17,24H,3H2,1-2H3,(H,27,30)(H,29,31). The highest BCUT2D eigenvalue weighted by Gasteiger charge is 2.22. The third-order valence-corrected chi connectivity index (χ3v) is 7.38. The highest BCUT2D eigenvalue weighted by atomic mass is 32.2. The molecule has 0 aliphatic carbocycles. The van der Waals surface area contributed by atoms with Crippen LogP contribution in [-0.2, 0) is 9.59 Å². The van der Waals surface area contributed by atoms with Crippen LogP contribution in [0.1, 0.15) is 37.4 Å². The lowest BCUT2D eigenvalue weighted by Gasteiger charge is -2.21. The zero-order chi connectivity index (χ0) is 23.2. The number of fused-ring (bicyclic) bond motifs is 1. The number of hydrogen-bond donors (Lipinski definition) is 2. The summed E-state index contributed by atoms with van der Waals surface area (Å²) in [6.07, 6.45) is 0.432. The highest BCUT2D eigenvalue weighted by Crippen LogP contribution is 2.34. The first-order valence-electron chi connectivity index (χ1n) is 10.8. The summed E-state index contributed by atoms with van der Waals surface area (Å²) in [5, 5.41) is 5.76. The van der Waals surface area contributed by atoms with E-state index >= 15 is 0 Å². The lowest BCUT2D eigenvalue weighted by Crippen LogP contribution is -2.34. The number of carbonyl (C=O) groups is 2. The van der Waals surface area contributed by atoms with Crippen molar-refractivity contribution in [1.82, 2.24) is 10.3 Å². The molecule has 0 aliphatic heterocycles. The van der Waals surface area contributed by atoms with Gasteiger partial charge in [0, 0.05) is 12.1 Å². The maximum Gasteiger partial charge on any atom is 0.234 e. The number of thioether (sulfide) groups is 1. The summed E-state index contributed by atoms with van der Waals surface area (Å²) in [6.45, 7) is 3.72. The van der Waals surface area contributed by atoms with E-state index in [2.05, 4.69) is 15.6 Å². The third kappa shape index (κ3) is 5.80. The monoisotopic (exact) mass is 475 g/mol. The molecule has 0 spiro atoms. The number of anilines is 1. The SMILES string of the molecule is CCC(=O)Nc1ccc2nc(SC(C)C(=O)NC(c3ccccc3)c3ccccc3)sc2c1. The summed E-state index contributed by atoms with van der Waals surface area (Å²) >= 11 is 2.97.